The molecule has 0 aliphatic rings. The van der Waals surface area contributed by atoms with E-state index in [0.717, 1.165) is 12.1 Å². The van der Waals surface area contributed by atoms with Gasteiger partial charge in [-0.25, -0.2) is 0 Å². The Bertz CT molecular complexity index is 730. The second-order valence-corrected chi connectivity index (χ2v) is 10.4. The summed E-state index contributed by atoms with van der Waals surface area (Å²) in [7, 11) is -5.73. The Labute approximate surface area is 132 Å². The van der Waals surface area contributed by atoms with E-state index in [9.17, 15) is 26.0 Å². The predicted molar refractivity (Wildman–Crippen MR) is 80.3 cm³/mol. The van der Waals surface area contributed by atoms with Gasteiger partial charge in [-0.1, -0.05) is 0 Å². The van der Waals surface area contributed by atoms with Crippen LogP contribution in [0.25, 0.3) is 0 Å². The number of rotatable bonds is 4. The van der Waals surface area contributed by atoms with E-state index in [1.165, 1.54) is 24.3 Å². The van der Waals surface area contributed by atoms with Crippen LogP contribution in [-0.2, 0) is 12.6 Å². The maximum atomic E-state index is 13.0. The molecule has 0 aliphatic carbocycles. The molecule has 2 aromatic carbocycles. The minimum absolute atomic E-state index is 0.240. The molecule has 2 rings (SSSR count). The van der Waals surface area contributed by atoms with Gasteiger partial charge in [0, 0.05) is 0 Å². The zero-order valence-corrected chi connectivity index (χ0v) is 13.7. The fourth-order valence-electron chi connectivity index (χ4n) is 1.39. The van der Waals surface area contributed by atoms with Crippen molar-refractivity contribution in [3.63, 3.8) is 0 Å². The van der Waals surface area contributed by atoms with E-state index in [4.69, 9.17) is 0 Å². The molecule has 0 atom stereocenters. The Kier molecular flexibility index (Phi) is 5.07. The standard InChI is InChI=1S/C13H9F4IO3S/c14-10-6-8-12(9-7-10)18(11-4-2-1-3-5-11)21-22(19,20)13(15,16)17/h1-9H. The van der Waals surface area contributed by atoms with Gasteiger partial charge in [-0.2, -0.15) is 0 Å². The first-order valence-corrected chi connectivity index (χ1v) is 10.2. The topological polar surface area (TPSA) is 43.4 Å². The Morgan fingerprint density at radius 3 is 1.86 bits per heavy atom. The van der Waals surface area contributed by atoms with Gasteiger partial charge in [-0.15, -0.1) is 0 Å². The summed E-state index contributed by atoms with van der Waals surface area (Å²) in [6.45, 7) is 0. The molecule has 0 heterocycles. The van der Waals surface area contributed by atoms with Crippen LogP contribution in [0.15, 0.2) is 54.6 Å². The van der Waals surface area contributed by atoms with Crippen molar-refractivity contribution in [1.29, 1.82) is 0 Å². The van der Waals surface area contributed by atoms with Crippen molar-refractivity contribution in [3.8, 4) is 0 Å². The van der Waals surface area contributed by atoms with E-state index < -0.39 is 41.7 Å². The third-order valence-corrected chi connectivity index (χ3v) is 9.42. The monoisotopic (exact) mass is 448 g/mol. The van der Waals surface area contributed by atoms with Crippen molar-refractivity contribution in [2.75, 3.05) is 0 Å². The van der Waals surface area contributed by atoms with E-state index >= 15 is 0 Å². The van der Waals surface area contributed by atoms with Crippen LogP contribution in [0.3, 0.4) is 0 Å². The number of alkyl halides is 3. The summed E-state index contributed by atoms with van der Waals surface area (Å²) in [6, 6.07) is 12.3. The van der Waals surface area contributed by atoms with Gasteiger partial charge in [0.2, 0.25) is 0 Å². The summed E-state index contributed by atoms with van der Waals surface area (Å²) in [5, 5.41) is 0. The van der Waals surface area contributed by atoms with Crippen LogP contribution >= 0.6 is 20.2 Å². The molecule has 0 N–H and O–H groups in total. The third-order valence-electron chi connectivity index (χ3n) is 2.36. The minimum atomic E-state index is -5.73. The van der Waals surface area contributed by atoms with Crippen molar-refractivity contribution in [3.05, 3.63) is 67.6 Å². The molecule has 0 amide bonds. The molecule has 0 unspecified atom stereocenters. The van der Waals surface area contributed by atoms with Crippen LogP contribution in [0.5, 0.6) is 0 Å². The van der Waals surface area contributed by atoms with Crippen LogP contribution in [0.4, 0.5) is 17.6 Å². The molecule has 0 radical (unpaired) electrons. The van der Waals surface area contributed by atoms with Crippen molar-refractivity contribution < 1.29 is 28.5 Å². The molecule has 0 saturated heterocycles. The summed E-state index contributed by atoms with van der Waals surface area (Å²) in [5.74, 6) is -0.577. The fourth-order valence-corrected chi connectivity index (χ4v) is 7.85. The van der Waals surface area contributed by atoms with Gasteiger partial charge < -0.3 is 0 Å². The van der Waals surface area contributed by atoms with Crippen molar-refractivity contribution in [2.24, 2.45) is 0 Å². The van der Waals surface area contributed by atoms with E-state index in [1.807, 2.05) is 0 Å². The zero-order valence-electron chi connectivity index (χ0n) is 10.7. The van der Waals surface area contributed by atoms with E-state index in [1.54, 1.807) is 18.2 Å². The summed E-state index contributed by atoms with van der Waals surface area (Å²) < 4.78 is 78.3. The van der Waals surface area contributed by atoms with Gasteiger partial charge >= 0.3 is 132 Å². The molecule has 2 aromatic rings. The Balaban J connectivity index is 2.46. The van der Waals surface area contributed by atoms with Crippen molar-refractivity contribution in [1.82, 2.24) is 0 Å². The zero-order chi connectivity index (χ0) is 16.4. The average Bonchev–Trinajstić information content (AvgIpc) is 2.46. The van der Waals surface area contributed by atoms with Gasteiger partial charge in [-0.3, -0.25) is 0 Å². The third kappa shape index (κ3) is 3.96. The first-order chi connectivity index (χ1) is 10.2. The van der Waals surface area contributed by atoms with E-state index in [0.29, 0.717) is 3.57 Å². The van der Waals surface area contributed by atoms with Gasteiger partial charge in [0.1, 0.15) is 0 Å². The van der Waals surface area contributed by atoms with Crippen molar-refractivity contribution >= 4 is 30.4 Å². The molecule has 9 heteroatoms. The molecular formula is C13H9F4IO3S. The van der Waals surface area contributed by atoms with Gasteiger partial charge in [0.25, 0.3) is 0 Å². The molecule has 0 aromatic heterocycles. The van der Waals surface area contributed by atoms with Gasteiger partial charge in [0.05, 0.1) is 0 Å². The SMILES string of the molecule is O=S(=O)(OI(c1ccccc1)c1ccc(F)cc1)C(F)(F)F. The molecule has 0 bridgehead atoms. The summed E-state index contributed by atoms with van der Waals surface area (Å²) in [6.07, 6.45) is 0. The Hall–Kier alpha value is -1.20. The van der Waals surface area contributed by atoms with Crippen LogP contribution in [0, 0.1) is 13.0 Å². The fraction of sp³-hybridized carbons (Fsp3) is 0.0769. The van der Waals surface area contributed by atoms with E-state index in [-0.39, 0.29) is 3.57 Å². The van der Waals surface area contributed by atoms with E-state index in [2.05, 4.69) is 2.51 Å². The molecule has 0 fully saturated rings. The normalized spacial score (nSPS) is 13.0. The first kappa shape index (κ1) is 17.2. The van der Waals surface area contributed by atoms with Crippen molar-refractivity contribution in [2.45, 2.75) is 5.51 Å². The quantitative estimate of drug-likeness (QED) is 0.401. The Morgan fingerprint density at radius 1 is 0.864 bits per heavy atom. The Morgan fingerprint density at radius 2 is 1.36 bits per heavy atom. The summed E-state index contributed by atoms with van der Waals surface area (Å²) in [5.41, 5.74) is -5.50. The number of halogens is 5. The number of benzene rings is 2. The number of hydrogen-bond donors (Lipinski definition) is 0. The second kappa shape index (κ2) is 6.50. The molecule has 0 spiro atoms. The molecule has 0 saturated carbocycles. The van der Waals surface area contributed by atoms with Gasteiger partial charge in [-0.05, 0) is 0 Å². The molecular weight excluding hydrogens is 439 g/mol. The average molecular weight is 448 g/mol. The molecule has 120 valence electrons. The maximum absolute atomic E-state index is 13.0. The van der Waals surface area contributed by atoms with Gasteiger partial charge in [0.15, 0.2) is 0 Å². The summed E-state index contributed by atoms with van der Waals surface area (Å²) in [4.78, 5) is 0. The first-order valence-electron chi connectivity index (χ1n) is 5.72. The van der Waals surface area contributed by atoms with Crippen LogP contribution in [0.2, 0.25) is 0 Å². The summed E-state index contributed by atoms with van der Waals surface area (Å²) >= 11 is -3.38. The number of hydrogen-bond acceptors (Lipinski definition) is 3. The molecule has 3 nitrogen and oxygen atoms in total. The molecule has 22 heavy (non-hydrogen) atoms. The molecule has 0 aliphatic heterocycles. The van der Waals surface area contributed by atoms with Crippen LogP contribution < -0.4 is 0 Å². The second-order valence-electron chi connectivity index (χ2n) is 3.94. The van der Waals surface area contributed by atoms with Crippen LogP contribution in [-0.4, -0.2) is 13.9 Å². The predicted octanol–water partition coefficient (Wildman–Crippen LogP) is 4.15. The van der Waals surface area contributed by atoms with Crippen LogP contribution in [0.1, 0.15) is 0 Å².